The molecule has 2 aromatic heterocycles. The zero-order valence-corrected chi connectivity index (χ0v) is 19.5. The fourth-order valence-corrected chi connectivity index (χ4v) is 4.50. The van der Waals surface area contributed by atoms with E-state index in [4.69, 9.17) is 11.6 Å². The first-order chi connectivity index (χ1) is 15.9. The molecule has 4 rings (SSSR count). The summed E-state index contributed by atoms with van der Waals surface area (Å²) in [6.45, 7) is 4.01. The lowest BCUT2D eigenvalue weighted by atomic mass is 10.1. The molecule has 2 aromatic carbocycles. The number of hydrazine groups is 1. The first-order valence-electron chi connectivity index (χ1n) is 10.2. The van der Waals surface area contributed by atoms with Gasteiger partial charge in [0, 0.05) is 22.5 Å². The number of nitrogens with one attached hydrogen (secondary N) is 2. The van der Waals surface area contributed by atoms with Crippen LogP contribution in [0.25, 0.3) is 21.3 Å². The molecule has 0 saturated heterocycles. The van der Waals surface area contributed by atoms with E-state index in [1.54, 1.807) is 43.3 Å². The molecule has 0 unspecified atom stereocenters. The SMILES string of the molecule is CCCn1nc(C(=O)NNC(=O)c2sc(-c3cccc(Cl)c3)nc2C)c2ccccc2c1=O. The van der Waals surface area contributed by atoms with Crippen LogP contribution >= 0.6 is 22.9 Å². The molecule has 8 nitrogen and oxygen atoms in total. The summed E-state index contributed by atoms with van der Waals surface area (Å²) in [4.78, 5) is 43.0. The number of amides is 2. The fraction of sp³-hybridized carbons (Fsp3) is 0.174. The third kappa shape index (κ3) is 4.64. The second kappa shape index (κ2) is 9.51. The number of aryl methyl sites for hydroxylation is 2. The number of benzene rings is 2. The van der Waals surface area contributed by atoms with Gasteiger partial charge in [-0.2, -0.15) is 5.10 Å². The van der Waals surface area contributed by atoms with Crippen molar-refractivity contribution in [1.29, 1.82) is 0 Å². The minimum absolute atomic E-state index is 0.0552. The summed E-state index contributed by atoms with van der Waals surface area (Å²) in [6.07, 6.45) is 0.683. The largest absolute Gasteiger partial charge is 0.290 e. The van der Waals surface area contributed by atoms with Crippen LogP contribution in [-0.4, -0.2) is 26.6 Å². The average molecular weight is 482 g/mol. The molecule has 0 atom stereocenters. The van der Waals surface area contributed by atoms with Gasteiger partial charge in [-0.05, 0) is 31.5 Å². The Kier molecular flexibility index (Phi) is 6.52. The summed E-state index contributed by atoms with van der Waals surface area (Å²) in [6, 6.07) is 14.0. The Bertz CT molecular complexity index is 1430. The number of rotatable bonds is 5. The highest BCUT2D eigenvalue weighted by molar-refractivity contribution is 7.17. The van der Waals surface area contributed by atoms with Gasteiger partial charge in [-0.3, -0.25) is 25.2 Å². The number of nitrogens with zero attached hydrogens (tertiary/aromatic N) is 3. The third-order valence-corrected chi connectivity index (χ3v) is 6.32. The van der Waals surface area contributed by atoms with E-state index in [2.05, 4.69) is 20.9 Å². The summed E-state index contributed by atoms with van der Waals surface area (Å²) < 4.78 is 1.27. The Morgan fingerprint density at radius 1 is 1.06 bits per heavy atom. The van der Waals surface area contributed by atoms with Crippen LogP contribution in [0.15, 0.2) is 53.3 Å². The van der Waals surface area contributed by atoms with Gasteiger partial charge in [-0.25, -0.2) is 9.67 Å². The van der Waals surface area contributed by atoms with E-state index >= 15 is 0 Å². The van der Waals surface area contributed by atoms with Gasteiger partial charge in [0.15, 0.2) is 5.69 Å². The van der Waals surface area contributed by atoms with E-state index in [0.29, 0.717) is 44.3 Å². The van der Waals surface area contributed by atoms with Crippen LogP contribution in [0.2, 0.25) is 5.02 Å². The van der Waals surface area contributed by atoms with E-state index in [1.165, 1.54) is 16.0 Å². The number of hydrogen-bond acceptors (Lipinski definition) is 6. The molecule has 0 spiro atoms. The van der Waals surface area contributed by atoms with Gasteiger partial charge in [-0.15, -0.1) is 11.3 Å². The minimum Gasteiger partial charge on any atom is -0.267 e. The molecule has 2 amide bonds. The number of carbonyl (C=O) groups excluding carboxylic acids is 2. The van der Waals surface area contributed by atoms with E-state index in [-0.39, 0.29) is 11.3 Å². The molecule has 0 fully saturated rings. The Morgan fingerprint density at radius 2 is 1.79 bits per heavy atom. The average Bonchev–Trinajstić information content (AvgIpc) is 3.21. The maximum Gasteiger partial charge on any atom is 0.290 e. The summed E-state index contributed by atoms with van der Waals surface area (Å²) >= 11 is 7.25. The number of fused-ring (bicyclic) bond motifs is 1. The predicted octanol–water partition coefficient (Wildman–Crippen LogP) is 3.97. The Balaban J connectivity index is 1.56. The van der Waals surface area contributed by atoms with Crippen molar-refractivity contribution in [1.82, 2.24) is 25.6 Å². The molecule has 0 aliphatic rings. The molecule has 0 saturated carbocycles. The number of halogens is 1. The monoisotopic (exact) mass is 481 g/mol. The summed E-state index contributed by atoms with van der Waals surface area (Å²) in [5.41, 5.74) is 5.95. The molecule has 0 radical (unpaired) electrons. The lowest BCUT2D eigenvalue weighted by molar-refractivity contribution is 0.0845. The van der Waals surface area contributed by atoms with Crippen molar-refractivity contribution in [2.75, 3.05) is 0 Å². The zero-order chi connectivity index (χ0) is 23.5. The van der Waals surface area contributed by atoms with Crippen molar-refractivity contribution < 1.29 is 9.59 Å². The van der Waals surface area contributed by atoms with Crippen LogP contribution < -0.4 is 16.4 Å². The van der Waals surface area contributed by atoms with Crippen molar-refractivity contribution in [2.45, 2.75) is 26.8 Å². The smallest absolute Gasteiger partial charge is 0.267 e. The molecule has 0 aliphatic heterocycles. The zero-order valence-electron chi connectivity index (χ0n) is 17.9. The summed E-state index contributed by atoms with van der Waals surface area (Å²) in [5, 5.41) is 6.25. The van der Waals surface area contributed by atoms with Crippen LogP contribution in [0.4, 0.5) is 0 Å². The van der Waals surface area contributed by atoms with E-state index in [9.17, 15) is 14.4 Å². The van der Waals surface area contributed by atoms with E-state index in [1.807, 2.05) is 19.1 Å². The van der Waals surface area contributed by atoms with Gasteiger partial charge < -0.3 is 0 Å². The topological polar surface area (TPSA) is 106 Å². The molecule has 168 valence electrons. The van der Waals surface area contributed by atoms with Gasteiger partial charge in [-0.1, -0.05) is 48.9 Å². The molecular weight excluding hydrogens is 462 g/mol. The summed E-state index contributed by atoms with van der Waals surface area (Å²) in [7, 11) is 0. The maximum absolute atomic E-state index is 12.9. The fourth-order valence-electron chi connectivity index (χ4n) is 3.35. The van der Waals surface area contributed by atoms with Crippen molar-refractivity contribution in [3.05, 3.63) is 80.2 Å². The molecule has 2 heterocycles. The molecular formula is C23H20ClN5O3S. The van der Waals surface area contributed by atoms with Crippen LogP contribution in [0, 0.1) is 6.92 Å². The second-order valence-electron chi connectivity index (χ2n) is 7.27. The van der Waals surface area contributed by atoms with Crippen LogP contribution in [0.1, 0.15) is 39.2 Å². The van der Waals surface area contributed by atoms with Crippen molar-refractivity contribution in [3.63, 3.8) is 0 Å². The number of aromatic nitrogens is 3. The van der Waals surface area contributed by atoms with Gasteiger partial charge in [0.2, 0.25) is 0 Å². The second-order valence-corrected chi connectivity index (χ2v) is 8.71. The normalized spacial score (nSPS) is 10.9. The quantitative estimate of drug-likeness (QED) is 0.419. The maximum atomic E-state index is 12.9. The molecule has 33 heavy (non-hydrogen) atoms. The molecule has 0 aliphatic carbocycles. The number of thiazole rings is 1. The van der Waals surface area contributed by atoms with Gasteiger partial charge in [0.05, 0.1) is 11.1 Å². The van der Waals surface area contributed by atoms with Crippen LogP contribution in [0.3, 0.4) is 0 Å². The lowest BCUT2D eigenvalue weighted by Gasteiger charge is -2.11. The Hall–Kier alpha value is -3.56. The molecule has 0 bridgehead atoms. The molecule has 2 N–H and O–H groups in total. The highest BCUT2D eigenvalue weighted by atomic mass is 35.5. The first-order valence-corrected chi connectivity index (χ1v) is 11.4. The van der Waals surface area contributed by atoms with Crippen molar-refractivity contribution >= 4 is 45.5 Å². The highest BCUT2D eigenvalue weighted by Crippen LogP contribution is 2.29. The van der Waals surface area contributed by atoms with Gasteiger partial charge >= 0.3 is 0 Å². The Labute approximate surface area is 198 Å². The van der Waals surface area contributed by atoms with Gasteiger partial charge in [0.1, 0.15) is 9.88 Å². The van der Waals surface area contributed by atoms with Crippen molar-refractivity contribution in [3.8, 4) is 10.6 Å². The van der Waals surface area contributed by atoms with Gasteiger partial charge in [0.25, 0.3) is 17.4 Å². The predicted molar refractivity (Wildman–Crippen MR) is 129 cm³/mol. The van der Waals surface area contributed by atoms with Crippen LogP contribution in [-0.2, 0) is 6.54 Å². The van der Waals surface area contributed by atoms with Crippen molar-refractivity contribution in [2.24, 2.45) is 0 Å². The first kappa shape index (κ1) is 22.6. The number of carbonyl (C=O) groups is 2. The van der Waals surface area contributed by atoms with Crippen LogP contribution in [0.5, 0.6) is 0 Å². The third-order valence-electron chi connectivity index (χ3n) is 4.88. The highest BCUT2D eigenvalue weighted by Gasteiger charge is 2.20. The molecule has 4 aromatic rings. The van der Waals surface area contributed by atoms with E-state index in [0.717, 1.165) is 5.56 Å². The minimum atomic E-state index is -0.623. The summed E-state index contributed by atoms with van der Waals surface area (Å²) in [5.74, 6) is -1.13. The number of hydrogen-bond donors (Lipinski definition) is 2. The van der Waals surface area contributed by atoms with E-state index < -0.39 is 11.8 Å². The molecule has 10 heteroatoms. The lowest BCUT2D eigenvalue weighted by Crippen LogP contribution is -2.42. The standard InChI is InChI=1S/C23H20ClN5O3S/c1-3-11-29-23(32)17-10-5-4-9-16(17)18(28-29)20(30)26-27-21(31)19-13(2)25-22(33-19)14-7-6-8-15(24)12-14/h4-10,12H,3,11H2,1-2H3,(H,26,30)(H,27,31). The Morgan fingerprint density at radius 3 is 2.52 bits per heavy atom.